The van der Waals surface area contributed by atoms with E-state index < -0.39 is 5.97 Å². The second-order valence-electron chi connectivity index (χ2n) is 6.97. The van der Waals surface area contributed by atoms with Gasteiger partial charge in [0.15, 0.2) is 0 Å². The summed E-state index contributed by atoms with van der Waals surface area (Å²) in [6.45, 7) is 5.02. The van der Waals surface area contributed by atoms with Gasteiger partial charge in [-0.1, -0.05) is 13.8 Å². The number of anilines is 1. The van der Waals surface area contributed by atoms with Gasteiger partial charge in [-0.05, 0) is 30.9 Å². The Morgan fingerprint density at radius 2 is 2.08 bits per heavy atom. The molecule has 1 aliphatic carbocycles. The van der Waals surface area contributed by atoms with E-state index in [1.165, 1.54) is 19.2 Å². The number of aromatic carboxylic acids is 1. The molecule has 1 heterocycles. The van der Waals surface area contributed by atoms with Crippen LogP contribution in [-0.4, -0.2) is 33.9 Å². The van der Waals surface area contributed by atoms with Gasteiger partial charge in [-0.2, -0.15) is 5.10 Å². The molecule has 0 unspecified atom stereocenters. The fraction of sp³-hybridized carbons (Fsp3) is 0.421. The second kappa shape index (κ2) is 7.19. The van der Waals surface area contributed by atoms with Crippen LogP contribution in [0.3, 0.4) is 0 Å². The van der Waals surface area contributed by atoms with Crippen molar-refractivity contribution in [2.24, 2.45) is 5.92 Å². The first kappa shape index (κ1) is 18.0. The molecule has 1 aliphatic rings. The minimum atomic E-state index is -1.08. The molecule has 0 atom stereocenters. The summed E-state index contributed by atoms with van der Waals surface area (Å²) < 4.78 is 7.04. The molecule has 3 rings (SSSR count). The number of hydrogen-bond acceptors (Lipinski definition) is 4. The van der Waals surface area contributed by atoms with Crippen LogP contribution >= 0.6 is 0 Å². The van der Waals surface area contributed by atoms with Crippen LogP contribution in [0.2, 0.25) is 0 Å². The highest BCUT2D eigenvalue weighted by Gasteiger charge is 2.32. The normalized spacial score (nSPS) is 13.7. The molecular weight excluding hydrogens is 334 g/mol. The van der Waals surface area contributed by atoms with E-state index in [-0.39, 0.29) is 17.2 Å². The van der Waals surface area contributed by atoms with E-state index in [0.717, 1.165) is 25.1 Å². The first-order chi connectivity index (χ1) is 12.4. The maximum absolute atomic E-state index is 12.8. The van der Waals surface area contributed by atoms with Gasteiger partial charge < -0.3 is 15.2 Å². The van der Waals surface area contributed by atoms with Gasteiger partial charge in [-0.25, -0.2) is 4.79 Å². The average Bonchev–Trinajstić information content (AvgIpc) is 3.34. The quantitative estimate of drug-likeness (QED) is 0.792. The van der Waals surface area contributed by atoms with E-state index in [2.05, 4.69) is 24.3 Å². The maximum atomic E-state index is 12.8. The van der Waals surface area contributed by atoms with Gasteiger partial charge >= 0.3 is 5.97 Å². The number of nitrogens with zero attached hydrogens (tertiary/aromatic N) is 2. The number of benzene rings is 1. The number of methoxy groups -OCH3 is 1. The van der Waals surface area contributed by atoms with E-state index >= 15 is 0 Å². The van der Waals surface area contributed by atoms with Gasteiger partial charge in [0, 0.05) is 24.2 Å². The Hall–Kier alpha value is -2.83. The Morgan fingerprint density at radius 1 is 1.35 bits per heavy atom. The molecule has 1 saturated carbocycles. The molecule has 2 N–H and O–H groups in total. The third kappa shape index (κ3) is 3.71. The maximum Gasteiger partial charge on any atom is 0.339 e. The molecule has 2 aromatic rings. The molecule has 138 valence electrons. The van der Waals surface area contributed by atoms with Gasteiger partial charge in [0.1, 0.15) is 11.3 Å². The molecular formula is C19H23N3O4. The number of ether oxygens (including phenoxy) is 1. The molecule has 1 fully saturated rings. The molecule has 0 aliphatic heterocycles. The lowest BCUT2D eigenvalue weighted by molar-refractivity contribution is 0.0693. The molecule has 0 bridgehead atoms. The van der Waals surface area contributed by atoms with Crippen molar-refractivity contribution in [1.82, 2.24) is 9.78 Å². The molecule has 1 aromatic heterocycles. The first-order valence-corrected chi connectivity index (χ1v) is 8.69. The number of hydrogen-bond donors (Lipinski definition) is 2. The Bertz CT molecular complexity index is 837. The lowest BCUT2D eigenvalue weighted by Gasteiger charge is -2.12. The summed E-state index contributed by atoms with van der Waals surface area (Å²) in [6, 6.07) is 4.48. The summed E-state index contributed by atoms with van der Waals surface area (Å²) in [5.41, 5.74) is 2.10. The Morgan fingerprint density at radius 3 is 2.65 bits per heavy atom. The van der Waals surface area contributed by atoms with Gasteiger partial charge in [-0.3, -0.25) is 9.48 Å². The lowest BCUT2D eigenvalue weighted by atomic mass is 10.1. The molecule has 7 nitrogen and oxygen atoms in total. The monoisotopic (exact) mass is 357 g/mol. The van der Waals surface area contributed by atoms with Crippen molar-refractivity contribution in [3.8, 4) is 5.75 Å². The fourth-order valence-corrected chi connectivity index (χ4v) is 2.99. The predicted octanol–water partition coefficient (Wildman–Crippen LogP) is 3.38. The number of carboxylic acid groups (broad SMARTS) is 1. The standard InChI is InChI=1S/C19H23N3O4/c1-11(2)10-22-17(12-4-5-12)15(9-20-22)18(23)21-13-6-7-14(19(24)25)16(8-13)26-3/h6-9,11-12H,4-5,10H2,1-3H3,(H,21,23)(H,24,25). The molecule has 1 aromatic carbocycles. The van der Waals surface area contributed by atoms with Gasteiger partial charge in [0.2, 0.25) is 0 Å². The average molecular weight is 357 g/mol. The van der Waals surface area contributed by atoms with E-state index in [1.54, 1.807) is 12.3 Å². The zero-order chi connectivity index (χ0) is 18.8. The number of carbonyl (C=O) groups excluding carboxylic acids is 1. The van der Waals surface area contributed by atoms with Crippen LogP contribution in [0, 0.1) is 5.92 Å². The number of carbonyl (C=O) groups is 2. The number of nitrogens with one attached hydrogen (secondary N) is 1. The van der Waals surface area contributed by atoms with Crippen LogP contribution in [0.1, 0.15) is 59.0 Å². The van der Waals surface area contributed by atoms with Gasteiger partial charge in [0.05, 0.1) is 24.6 Å². The first-order valence-electron chi connectivity index (χ1n) is 8.69. The van der Waals surface area contributed by atoms with Crippen molar-refractivity contribution < 1.29 is 19.4 Å². The Balaban J connectivity index is 1.84. The van der Waals surface area contributed by atoms with Gasteiger partial charge in [0.25, 0.3) is 5.91 Å². The van der Waals surface area contributed by atoms with Crippen LogP contribution in [0.15, 0.2) is 24.4 Å². The zero-order valence-corrected chi connectivity index (χ0v) is 15.2. The predicted molar refractivity (Wildman–Crippen MR) is 96.9 cm³/mol. The molecule has 1 amide bonds. The molecule has 0 radical (unpaired) electrons. The van der Waals surface area contributed by atoms with E-state index in [4.69, 9.17) is 9.84 Å². The summed E-state index contributed by atoms with van der Waals surface area (Å²) in [6.07, 6.45) is 3.77. The van der Waals surface area contributed by atoms with Crippen LogP contribution in [-0.2, 0) is 6.54 Å². The smallest absolute Gasteiger partial charge is 0.339 e. The highest BCUT2D eigenvalue weighted by molar-refractivity contribution is 6.05. The number of aromatic nitrogens is 2. The highest BCUT2D eigenvalue weighted by atomic mass is 16.5. The van der Waals surface area contributed by atoms with Crippen LogP contribution in [0.5, 0.6) is 5.75 Å². The van der Waals surface area contributed by atoms with Crippen molar-refractivity contribution in [2.45, 2.75) is 39.2 Å². The van der Waals surface area contributed by atoms with Crippen molar-refractivity contribution >= 4 is 17.6 Å². The fourth-order valence-electron chi connectivity index (χ4n) is 2.99. The summed E-state index contributed by atoms with van der Waals surface area (Å²) in [7, 11) is 1.40. The van der Waals surface area contributed by atoms with E-state index in [9.17, 15) is 9.59 Å². The third-order valence-electron chi connectivity index (χ3n) is 4.32. The second-order valence-corrected chi connectivity index (χ2v) is 6.97. The molecule has 7 heteroatoms. The molecule has 0 saturated heterocycles. The molecule has 0 spiro atoms. The number of rotatable bonds is 7. The Labute approximate surface area is 152 Å². The highest BCUT2D eigenvalue weighted by Crippen LogP contribution is 2.42. The molecule has 26 heavy (non-hydrogen) atoms. The van der Waals surface area contributed by atoms with Crippen molar-refractivity contribution in [1.29, 1.82) is 0 Å². The topological polar surface area (TPSA) is 93.5 Å². The number of carboxylic acids is 1. The van der Waals surface area contributed by atoms with E-state index in [1.807, 2.05) is 4.68 Å². The van der Waals surface area contributed by atoms with Crippen LogP contribution in [0.25, 0.3) is 0 Å². The minimum Gasteiger partial charge on any atom is -0.496 e. The minimum absolute atomic E-state index is 0.0499. The van der Waals surface area contributed by atoms with Crippen LogP contribution < -0.4 is 10.1 Å². The van der Waals surface area contributed by atoms with Crippen LogP contribution in [0.4, 0.5) is 5.69 Å². The van der Waals surface area contributed by atoms with Gasteiger partial charge in [-0.15, -0.1) is 0 Å². The number of amides is 1. The van der Waals surface area contributed by atoms with Crippen molar-refractivity contribution in [2.75, 3.05) is 12.4 Å². The third-order valence-corrected chi connectivity index (χ3v) is 4.32. The SMILES string of the molecule is COc1cc(NC(=O)c2cnn(CC(C)C)c2C2CC2)ccc1C(=O)O. The summed E-state index contributed by atoms with van der Waals surface area (Å²) in [5.74, 6) is -0.289. The van der Waals surface area contributed by atoms with Crippen molar-refractivity contribution in [3.63, 3.8) is 0 Å². The largest absolute Gasteiger partial charge is 0.496 e. The summed E-state index contributed by atoms with van der Waals surface area (Å²) >= 11 is 0. The van der Waals surface area contributed by atoms with E-state index in [0.29, 0.717) is 23.1 Å². The zero-order valence-electron chi connectivity index (χ0n) is 15.2. The van der Waals surface area contributed by atoms with Crippen molar-refractivity contribution in [3.05, 3.63) is 41.2 Å². The lowest BCUT2D eigenvalue weighted by Crippen LogP contribution is -2.16. The summed E-state index contributed by atoms with van der Waals surface area (Å²) in [5, 5.41) is 16.4. The summed E-state index contributed by atoms with van der Waals surface area (Å²) in [4.78, 5) is 23.9. The Kier molecular flexibility index (Phi) is 4.97.